The van der Waals surface area contributed by atoms with Gasteiger partial charge in [0.15, 0.2) is 11.5 Å². The SMILES string of the molecule is COc1cc(/C=C2/C(=O)NN(c3ccc(F)c(Cl)c3)C2=O)cc(Br)c1O. The summed E-state index contributed by atoms with van der Waals surface area (Å²) >= 11 is 8.90. The number of ether oxygens (including phenoxy) is 1. The van der Waals surface area contributed by atoms with Crippen molar-refractivity contribution < 1.29 is 23.8 Å². The van der Waals surface area contributed by atoms with Gasteiger partial charge in [-0.2, -0.15) is 0 Å². The van der Waals surface area contributed by atoms with Crippen LogP contribution >= 0.6 is 27.5 Å². The molecule has 2 N–H and O–H groups in total. The zero-order valence-corrected chi connectivity index (χ0v) is 15.6. The summed E-state index contributed by atoms with van der Waals surface area (Å²) in [5.41, 5.74) is 2.95. The van der Waals surface area contributed by atoms with Crippen LogP contribution in [0.2, 0.25) is 5.02 Å². The van der Waals surface area contributed by atoms with Gasteiger partial charge in [0.25, 0.3) is 11.8 Å². The van der Waals surface area contributed by atoms with Gasteiger partial charge in [-0.1, -0.05) is 11.6 Å². The lowest BCUT2D eigenvalue weighted by Gasteiger charge is -2.14. The minimum atomic E-state index is -0.634. The first-order chi connectivity index (χ1) is 12.3. The highest BCUT2D eigenvalue weighted by Crippen LogP contribution is 2.36. The molecule has 1 aliphatic rings. The van der Waals surface area contributed by atoms with Crippen molar-refractivity contribution in [2.75, 3.05) is 12.1 Å². The average molecular weight is 442 g/mol. The Balaban J connectivity index is 1.98. The number of hydrogen-bond acceptors (Lipinski definition) is 4. The summed E-state index contributed by atoms with van der Waals surface area (Å²) in [6.07, 6.45) is 1.36. The molecule has 3 rings (SSSR count). The maximum atomic E-state index is 13.3. The van der Waals surface area contributed by atoms with Gasteiger partial charge >= 0.3 is 0 Å². The minimum absolute atomic E-state index is 0.0977. The van der Waals surface area contributed by atoms with Gasteiger partial charge in [-0.3, -0.25) is 15.0 Å². The normalized spacial score (nSPS) is 15.5. The highest BCUT2D eigenvalue weighted by molar-refractivity contribution is 9.10. The molecule has 0 aromatic heterocycles. The second-order valence-corrected chi connectivity index (χ2v) is 6.55. The summed E-state index contributed by atoms with van der Waals surface area (Å²) in [5, 5.41) is 10.6. The van der Waals surface area contributed by atoms with Crippen molar-refractivity contribution in [2.24, 2.45) is 0 Å². The van der Waals surface area contributed by atoms with E-state index in [0.717, 1.165) is 11.1 Å². The van der Waals surface area contributed by atoms with Gasteiger partial charge in [-0.05, 0) is 57.9 Å². The number of nitrogens with one attached hydrogen (secondary N) is 1. The van der Waals surface area contributed by atoms with E-state index in [1.807, 2.05) is 0 Å². The quantitative estimate of drug-likeness (QED) is 0.565. The Bertz CT molecular complexity index is 964. The third-order valence-corrected chi connectivity index (χ3v) is 4.53. The third-order valence-electron chi connectivity index (χ3n) is 3.63. The number of phenolic OH excluding ortho intramolecular Hbond substituents is 1. The van der Waals surface area contributed by atoms with Gasteiger partial charge in [-0.25, -0.2) is 9.40 Å². The predicted molar refractivity (Wildman–Crippen MR) is 97.4 cm³/mol. The van der Waals surface area contributed by atoms with Crippen LogP contribution in [-0.2, 0) is 9.59 Å². The molecule has 1 aliphatic heterocycles. The second kappa shape index (κ2) is 6.97. The zero-order valence-electron chi connectivity index (χ0n) is 13.2. The average Bonchev–Trinajstić information content (AvgIpc) is 2.88. The molecule has 26 heavy (non-hydrogen) atoms. The van der Waals surface area contributed by atoms with Crippen molar-refractivity contribution in [1.82, 2.24) is 5.43 Å². The first-order valence-corrected chi connectivity index (χ1v) is 8.37. The Morgan fingerprint density at radius 1 is 1.31 bits per heavy atom. The monoisotopic (exact) mass is 440 g/mol. The third kappa shape index (κ3) is 3.25. The molecular formula is C17H11BrClFN2O4. The molecule has 0 aliphatic carbocycles. The number of halogens is 3. The molecule has 0 radical (unpaired) electrons. The molecule has 1 saturated heterocycles. The highest BCUT2D eigenvalue weighted by Gasteiger charge is 2.34. The summed E-state index contributed by atoms with van der Waals surface area (Å²) in [6.45, 7) is 0. The maximum Gasteiger partial charge on any atom is 0.282 e. The fraction of sp³-hybridized carbons (Fsp3) is 0.0588. The largest absolute Gasteiger partial charge is 0.503 e. The van der Waals surface area contributed by atoms with E-state index in [1.165, 1.54) is 37.5 Å². The number of phenols is 1. The molecule has 2 amide bonds. The highest BCUT2D eigenvalue weighted by atomic mass is 79.9. The van der Waals surface area contributed by atoms with Crippen LogP contribution in [0, 0.1) is 5.82 Å². The van der Waals surface area contributed by atoms with Crippen LogP contribution in [0.3, 0.4) is 0 Å². The number of nitrogens with zero attached hydrogens (tertiary/aromatic N) is 1. The van der Waals surface area contributed by atoms with E-state index in [1.54, 1.807) is 0 Å². The molecule has 1 fully saturated rings. The number of amides is 2. The van der Waals surface area contributed by atoms with E-state index in [-0.39, 0.29) is 27.8 Å². The predicted octanol–water partition coefficient (Wildman–Crippen LogP) is 3.42. The first kappa shape index (κ1) is 18.2. The standard InChI is InChI=1S/C17H11BrClFN2O4/c1-26-14-6-8(5-11(18)15(14)23)4-10-16(24)21-22(17(10)25)9-2-3-13(20)12(19)7-9/h2-7,23H,1H3,(H,21,24)/b10-4-. The summed E-state index contributed by atoms with van der Waals surface area (Å²) in [7, 11) is 1.38. The van der Waals surface area contributed by atoms with E-state index >= 15 is 0 Å². The molecule has 134 valence electrons. The van der Waals surface area contributed by atoms with Crippen molar-refractivity contribution in [3.63, 3.8) is 0 Å². The topological polar surface area (TPSA) is 78.9 Å². The maximum absolute atomic E-state index is 13.3. The van der Waals surface area contributed by atoms with Gasteiger partial charge in [0.05, 0.1) is 22.3 Å². The van der Waals surface area contributed by atoms with Crippen molar-refractivity contribution in [3.8, 4) is 11.5 Å². The van der Waals surface area contributed by atoms with Crippen molar-refractivity contribution in [2.45, 2.75) is 0 Å². The van der Waals surface area contributed by atoms with Gasteiger partial charge < -0.3 is 9.84 Å². The van der Waals surface area contributed by atoms with E-state index in [2.05, 4.69) is 21.4 Å². The van der Waals surface area contributed by atoms with Crippen LogP contribution in [-0.4, -0.2) is 24.0 Å². The molecule has 0 atom stereocenters. The van der Waals surface area contributed by atoms with Gasteiger partial charge in [0.1, 0.15) is 11.4 Å². The number of rotatable bonds is 3. The van der Waals surface area contributed by atoms with Gasteiger partial charge in [-0.15, -0.1) is 0 Å². The Kier molecular flexibility index (Phi) is 4.88. The summed E-state index contributed by atoms with van der Waals surface area (Å²) in [5.74, 6) is -1.80. The number of anilines is 1. The van der Waals surface area contributed by atoms with Crippen LogP contribution in [0.1, 0.15) is 5.56 Å². The molecule has 2 aromatic rings. The molecule has 0 saturated carbocycles. The fourth-order valence-corrected chi connectivity index (χ4v) is 3.00. The van der Waals surface area contributed by atoms with Crippen LogP contribution < -0.4 is 15.2 Å². The smallest absolute Gasteiger partial charge is 0.282 e. The van der Waals surface area contributed by atoms with Crippen molar-refractivity contribution in [1.29, 1.82) is 0 Å². The number of hydrogen-bond donors (Lipinski definition) is 2. The van der Waals surface area contributed by atoms with Gasteiger partial charge in [0, 0.05) is 0 Å². The van der Waals surface area contributed by atoms with Crippen LogP contribution in [0.15, 0.2) is 40.4 Å². The Hall–Kier alpha value is -2.58. The van der Waals surface area contributed by atoms with Crippen LogP contribution in [0.25, 0.3) is 6.08 Å². The van der Waals surface area contributed by atoms with Gasteiger partial charge in [0.2, 0.25) is 0 Å². The minimum Gasteiger partial charge on any atom is -0.503 e. The molecule has 9 heteroatoms. The summed E-state index contributed by atoms with van der Waals surface area (Å²) in [6, 6.07) is 6.66. The van der Waals surface area contributed by atoms with Crippen molar-refractivity contribution in [3.05, 3.63) is 56.8 Å². The lowest BCUT2D eigenvalue weighted by molar-refractivity contribution is -0.117. The lowest BCUT2D eigenvalue weighted by Crippen LogP contribution is -2.35. The molecule has 2 aromatic carbocycles. The van der Waals surface area contributed by atoms with Crippen molar-refractivity contribution >= 4 is 51.1 Å². The van der Waals surface area contributed by atoms with E-state index in [0.29, 0.717) is 10.0 Å². The molecule has 0 spiro atoms. The van der Waals surface area contributed by atoms with Crippen LogP contribution in [0.4, 0.5) is 10.1 Å². The fourth-order valence-electron chi connectivity index (χ4n) is 2.36. The Morgan fingerprint density at radius 3 is 2.69 bits per heavy atom. The Labute approximate surface area is 160 Å². The number of hydrazine groups is 1. The van der Waals surface area contributed by atoms with Crippen LogP contribution in [0.5, 0.6) is 11.5 Å². The summed E-state index contributed by atoms with van der Waals surface area (Å²) in [4.78, 5) is 24.8. The number of aromatic hydroxyl groups is 1. The number of carbonyl (C=O) groups excluding carboxylic acids is 2. The number of benzene rings is 2. The summed E-state index contributed by atoms with van der Waals surface area (Å²) < 4.78 is 18.7. The Morgan fingerprint density at radius 2 is 2.04 bits per heavy atom. The molecule has 1 heterocycles. The molecule has 0 bridgehead atoms. The van der Waals surface area contributed by atoms with E-state index < -0.39 is 17.6 Å². The number of carbonyl (C=O) groups is 2. The first-order valence-electron chi connectivity index (χ1n) is 7.20. The second-order valence-electron chi connectivity index (χ2n) is 5.29. The van der Waals surface area contributed by atoms with E-state index in [9.17, 15) is 19.1 Å². The van der Waals surface area contributed by atoms with E-state index in [4.69, 9.17) is 16.3 Å². The molecule has 6 nitrogen and oxygen atoms in total. The zero-order chi connectivity index (χ0) is 19.0. The lowest BCUT2D eigenvalue weighted by atomic mass is 10.1. The molecule has 0 unspecified atom stereocenters. The number of methoxy groups -OCH3 is 1. The molecular weight excluding hydrogens is 431 g/mol.